The zero-order valence-corrected chi connectivity index (χ0v) is 23.1. The van der Waals surface area contributed by atoms with Gasteiger partial charge in [0.2, 0.25) is 0 Å². The van der Waals surface area contributed by atoms with Crippen molar-refractivity contribution in [1.82, 2.24) is 4.90 Å². The summed E-state index contributed by atoms with van der Waals surface area (Å²) in [6, 6.07) is 10.8. The Balaban J connectivity index is 1.82. The van der Waals surface area contributed by atoms with Gasteiger partial charge in [-0.1, -0.05) is 87.5 Å². The van der Waals surface area contributed by atoms with E-state index in [0.717, 1.165) is 31.2 Å². The van der Waals surface area contributed by atoms with E-state index in [1.54, 1.807) is 17.0 Å². The molecule has 1 aliphatic heterocycles. The van der Waals surface area contributed by atoms with Crippen molar-refractivity contribution in [1.29, 1.82) is 0 Å². The predicted octanol–water partition coefficient (Wildman–Crippen LogP) is 6.91. The van der Waals surface area contributed by atoms with E-state index in [-0.39, 0.29) is 27.5 Å². The third kappa shape index (κ3) is 7.61. The molecule has 1 saturated heterocycles. The number of carbonyl (C=O) groups excluding carboxylic acids is 1. The molecular formula is C27H35Cl2NO4S. The van der Waals surface area contributed by atoms with Gasteiger partial charge in [-0.25, -0.2) is 8.42 Å². The number of nitrogens with zero attached hydrogens (tertiary/aromatic N) is 1. The molecule has 2 aromatic rings. The molecule has 0 N–H and O–H groups in total. The summed E-state index contributed by atoms with van der Waals surface area (Å²) in [5.41, 5.74) is 2.47. The molecule has 0 radical (unpaired) electrons. The Morgan fingerprint density at radius 2 is 1.74 bits per heavy atom. The second-order valence-corrected chi connectivity index (χ2v) is 12.6. The lowest BCUT2D eigenvalue weighted by atomic mass is 10.0. The van der Waals surface area contributed by atoms with Crippen LogP contribution in [0.2, 0.25) is 10.0 Å². The Morgan fingerprint density at radius 3 is 2.29 bits per heavy atom. The second-order valence-electron chi connectivity index (χ2n) is 9.56. The summed E-state index contributed by atoms with van der Waals surface area (Å²) < 4.78 is 30.2. The second kappa shape index (κ2) is 12.5. The number of amides is 1. The average Bonchev–Trinajstić information content (AvgIpc) is 3.17. The van der Waals surface area contributed by atoms with Crippen molar-refractivity contribution in [2.24, 2.45) is 0 Å². The lowest BCUT2D eigenvalue weighted by molar-refractivity contribution is 0.0681. The van der Waals surface area contributed by atoms with Gasteiger partial charge in [-0.15, -0.1) is 0 Å². The normalized spacial score (nSPS) is 17.0. The summed E-state index contributed by atoms with van der Waals surface area (Å²) >= 11 is 12.9. The van der Waals surface area contributed by atoms with E-state index in [2.05, 4.69) is 32.9 Å². The number of ether oxygens (including phenoxy) is 1. The van der Waals surface area contributed by atoms with Crippen molar-refractivity contribution in [2.75, 3.05) is 18.1 Å². The maximum Gasteiger partial charge on any atom is 0.254 e. The lowest BCUT2D eigenvalue weighted by Crippen LogP contribution is -2.40. The quantitative estimate of drug-likeness (QED) is 0.291. The van der Waals surface area contributed by atoms with E-state index in [0.29, 0.717) is 36.8 Å². The number of carbonyl (C=O) groups is 1. The van der Waals surface area contributed by atoms with Gasteiger partial charge in [0.1, 0.15) is 0 Å². The largest absolute Gasteiger partial charge is 0.490 e. The van der Waals surface area contributed by atoms with Gasteiger partial charge in [-0.2, -0.15) is 0 Å². The van der Waals surface area contributed by atoms with Crippen LogP contribution in [0.3, 0.4) is 0 Å². The molecule has 0 aromatic heterocycles. The first kappa shape index (κ1) is 27.8. The molecule has 5 nitrogen and oxygen atoms in total. The molecule has 2 aromatic carbocycles. The highest BCUT2D eigenvalue weighted by Gasteiger charge is 2.35. The summed E-state index contributed by atoms with van der Waals surface area (Å²) in [5.74, 6) is 0.529. The summed E-state index contributed by atoms with van der Waals surface area (Å²) in [4.78, 5) is 15.3. The van der Waals surface area contributed by atoms with Crippen molar-refractivity contribution in [3.63, 3.8) is 0 Å². The molecular weight excluding hydrogens is 505 g/mol. The first-order chi connectivity index (χ1) is 16.6. The van der Waals surface area contributed by atoms with Gasteiger partial charge >= 0.3 is 0 Å². The van der Waals surface area contributed by atoms with E-state index in [1.807, 2.05) is 12.1 Å². The molecule has 35 heavy (non-hydrogen) atoms. The lowest BCUT2D eigenvalue weighted by Gasteiger charge is -2.29. The number of sulfone groups is 1. The van der Waals surface area contributed by atoms with Crippen LogP contribution in [-0.2, 0) is 16.4 Å². The highest BCUT2D eigenvalue weighted by Crippen LogP contribution is 2.35. The maximum atomic E-state index is 13.6. The van der Waals surface area contributed by atoms with Crippen molar-refractivity contribution >= 4 is 38.9 Å². The van der Waals surface area contributed by atoms with Gasteiger partial charge in [0.05, 0.1) is 28.2 Å². The topological polar surface area (TPSA) is 63.7 Å². The summed E-state index contributed by atoms with van der Waals surface area (Å²) in [6.45, 7) is 7.21. The summed E-state index contributed by atoms with van der Waals surface area (Å²) in [6.07, 6.45) is 4.67. The van der Waals surface area contributed by atoms with Crippen molar-refractivity contribution in [3.05, 3.63) is 63.1 Å². The fourth-order valence-electron chi connectivity index (χ4n) is 4.28. The van der Waals surface area contributed by atoms with Gasteiger partial charge in [0.15, 0.2) is 15.6 Å². The highest BCUT2D eigenvalue weighted by molar-refractivity contribution is 7.91. The number of rotatable bonds is 11. The first-order valence-corrected chi connectivity index (χ1v) is 14.9. The van der Waals surface area contributed by atoms with Gasteiger partial charge < -0.3 is 9.64 Å². The minimum Gasteiger partial charge on any atom is -0.490 e. The van der Waals surface area contributed by atoms with E-state index in [1.165, 1.54) is 5.56 Å². The smallest absolute Gasteiger partial charge is 0.254 e. The zero-order valence-electron chi connectivity index (χ0n) is 20.7. The van der Waals surface area contributed by atoms with Crippen LogP contribution < -0.4 is 4.74 Å². The minimum atomic E-state index is -3.17. The Hall–Kier alpha value is -1.76. The molecule has 0 aliphatic carbocycles. The monoisotopic (exact) mass is 539 g/mol. The molecule has 192 valence electrons. The number of unbranched alkanes of at least 4 members (excludes halogenated alkanes) is 3. The van der Waals surface area contributed by atoms with Crippen molar-refractivity contribution < 1.29 is 17.9 Å². The SMILES string of the molecule is CCCCCCOc1c(Cl)cc(C(=O)N(Cc2ccc(C(C)C)cc2)C2CCS(=O)(=O)C2)cc1Cl. The van der Waals surface area contributed by atoms with Gasteiger partial charge in [-0.3, -0.25) is 4.79 Å². The third-order valence-electron chi connectivity index (χ3n) is 6.40. The highest BCUT2D eigenvalue weighted by atomic mass is 35.5. The minimum absolute atomic E-state index is 0.0385. The maximum absolute atomic E-state index is 13.6. The molecule has 3 rings (SSSR count). The van der Waals surface area contributed by atoms with Crippen molar-refractivity contribution in [2.45, 2.75) is 71.4 Å². The van der Waals surface area contributed by atoms with E-state index >= 15 is 0 Å². The Morgan fingerprint density at radius 1 is 1.09 bits per heavy atom. The Bertz CT molecular complexity index is 1090. The van der Waals surface area contributed by atoms with Crippen LogP contribution in [0.25, 0.3) is 0 Å². The molecule has 1 fully saturated rings. The molecule has 1 unspecified atom stereocenters. The first-order valence-electron chi connectivity index (χ1n) is 12.3. The van der Waals surface area contributed by atoms with E-state index in [4.69, 9.17) is 27.9 Å². The summed E-state index contributed by atoms with van der Waals surface area (Å²) in [5, 5.41) is 0.549. The van der Waals surface area contributed by atoms with Gasteiger partial charge in [0, 0.05) is 18.2 Å². The molecule has 1 amide bonds. The van der Waals surface area contributed by atoms with Crippen LogP contribution in [0.15, 0.2) is 36.4 Å². The fourth-order valence-corrected chi connectivity index (χ4v) is 6.61. The van der Waals surface area contributed by atoms with Crippen LogP contribution in [0, 0.1) is 0 Å². The molecule has 0 bridgehead atoms. The molecule has 1 aliphatic rings. The van der Waals surface area contributed by atoms with E-state index < -0.39 is 15.9 Å². The third-order valence-corrected chi connectivity index (χ3v) is 8.71. The standard InChI is InChI=1S/C27H35Cl2NO4S/c1-4-5-6-7-13-34-26-24(28)15-22(16-25(26)29)27(31)30(23-12-14-35(32,33)18-23)17-20-8-10-21(11-9-20)19(2)3/h8-11,15-16,19,23H,4-7,12-14,17-18H2,1-3H3. The predicted molar refractivity (Wildman–Crippen MR) is 144 cm³/mol. The fraction of sp³-hybridized carbons (Fsp3) is 0.519. The van der Waals surface area contributed by atoms with E-state index in [9.17, 15) is 13.2 Å². The van der Waals surface area contributed by atoms with Gasteiger partial charge in [-0.05, 0) is 42.0 Å². The molecule has 1 atom stereocenters. The Labute approximate surface area is 219 Å². The van der Waals surface area contributed by atoms with Crippen LogP contribution in [0.5, 0.6) is 5.75 Å². The van der Waals surface area contributed by atoms with Crippen LogP contribution in [-0.4, -0.2) is 43.4 Å². The summed E-state index contributed by atoms with van der Waals surface area (Å²) in [7, 11) is -3.17. The zero-order chi connectivity index (χ0) is 25.6. The van der Waals surface area contributed by atoms with Crippen LogP contribution >= 0.6 is 23.2 Å². The van der Waals surface area contributed by atoms with Crippen LogP contribution in [0.1, 0.15) is 80.3 Å². The molecule has 0 saturated carbocycles. The van der Waals surface area contributed by atoms with Crippen molar-refractivity contribution in [3.8, 4) is 5.75 Å². The molecule has 1 heterocycles. The number of halogens is 2. The van der Waals surface area contributed by atoms with Gasteiger partial charge in [0.25, 0.3) is 5.91 Å². The average molecular weight is 541 g/mol. The Kier molecular flexibility index (Phi) is 9.91. The number of hydrogen-bond acceptors (Lipinski definition) is 4. The number of benzene rings is 2. The molecule has 0 spiro atoms. The molecule has 8 heteroatoms. The van der Waals surface area contributed by atoms with Crippen LogP contribution in [0.4, 0.5) is 0 Å². The number of hydrogen-bond donors (Lipinski definition) is 0.